The van der Waals surface area contributed by atoms with Gasteiger partial charge in [0.05, 0.1) is 4.47 Å². The number of aryl methyl sites for hydroxylation is 1. The molecular formula is C11H10BrN3O2. The van der Waals surface area contributed by atoms with Gasteiger partial charge in [-0.3, -0.25) is 4.79 Å². The molecule has 1 N–H and O–H groups in total. The minimum absolute atomic E-state index is 0.113. The molecule has 17 heavy (non-hydrogen) atoms. The summed E-state index contributed by atoms with van der Waals surface area (Å²) in [5.41, 5.74) is 2.13. The Morgan fingerprint density at radius 1 is 1.35 bits per heavy atom. The third-order valence-electron chi connectivity index (χ3n) is 3.17. The van der Waals surface area contributed by atoms with Crippen LogP contribution in [0.2, 0.25) is 0 Å². The summed E-state index contributed by atoms with van der Waals surface area (Å²) < 4.78 is 0.687. The molecule has 0 saturated carbocycles. The van der Waals surface area contributed by atoms with E-state index in [9.17, 15) is 10.0 Å². The lowest BCUT2D eigenvalue weighted by Gasteiger charge is -2.16. The van der Waals surface area contributed by atoms with Gasteiger partial charge in [0.1, 0.15) is 0 Å². The number of H-pyrrole nitrogens is 1. The second-order valence-electron chi connectivity index (χ2n) is 4.22. The van der Waals surface area contributed by atoms with E-state index in [1.54, 1.807) is 0 Å². The SMILES string of the molecule is O=c1[nH]c2n[n+]([O-])cc(Br)c2c2c1CCCC2. The number of nitrogens with one attached hydrogen (secondary N) is 1. The minimum atomic E-state index is -0.113. The number of aromatic amines is 1. The number of rotatable bonds is 0. The van der Waals surface area contributed by atoms with E-state index in [0.717, 1.165) is 42.2 Å². The first-order valence-electron chi connectivity index (χ1n) is 5.50. The van der Waals surface area contributed by atoms with E-state index in [0.29, 0.717) is 15.0 Å². The van der Waals surface area contributed by atoms with E-state index >= 15 is 0 Å². The summed E-state index contributed by atoms with van der Waals surface area (Å²) in [7, 11) is 0. The van der Waals surface area contributed by atoms with Crippen LogP contribution in [0.15, 0.2) is 15.5 Å². The molecule has 1 aliphatic rings. The molecule has 0 bridgehead atoms. The largest absolute Gasteiger partial charge is 0.594 e. The zero-order valence-corrected chi connectivity index (χ0v) is 10.6. The van der Waals surface area contributed by atoms with Crippen LogP contribution in [-0.2, 0) is 12.8 Å². The Morgan fingerprint density at radius 2 is 2.06 bits per heavy atom. The van der Waals surface area contributed by atoms with Crippen molar-refractivity contribution < 1.29 is 4.85 Å². The zero-order chi connectivity index (χ0) is 12.0. The second kappa shape index (κ2) is 3.80. The highest BCUT2D eigenvalue weighted by Gasteiger charge is 2.20. The lowest BCUT2D eigenvalue weighted by molar-refractivity contribution is -0.667. The molecule has 0 amide bonds. The maximum Gasteiger partial charge on any atom is 0.253 e. The van der Waals surface area contributed by atoms with E-state index in [1.807, 2.05) is 0 Å². The molecule has 5 nitrogen and oxygen atoms in total. The van der Waals surface area contributed by atoms with Crippen LogP contribution in [0.1, 0.15) is 24.0 Å². The van der Waals surface area contributed by atoms with Crippen LogP contribution in [0, 0.1) is 5.21 Å². The van der Waals surface area contributed by atoms with E-state index in [2.05, 4.69) is 26.0 Å². The van der Waals surface area contributed by atoms with Crippen molar-refractivity contribution in [1.82, 2.24) is 10.1 Å². The molecule has 0 saturated heterocycles. The quantitative estimate of drug-likeness (QED) is 0.586. The van der Waals surface area contributed by atoms with E-state index in [-0.39, 0.29) is 5.56 Å². The summed E-state index contributed by atoms with van der Waals surface area (Å²) in [5.74, 6) is 0. The molecule has 3 rings (SSSR count). The first kappa shape index (κ1) is 10.7. The van der Waals surface area contributed by atoms with Crippen LogP contribution in [0.25, 0.3) is 11.0 Å². The average Bonchev–Trinajstić information content (AvgIpc) is 2.28. The molecule has 0 unspecified atom stereocenters. The number of hydrogen-bond donors (Lipinski definition) is 1. The van der Waals surface area contributed by atoms with Crippen molar-refractivity contribution in [3.05, 3.63) is 37.4 Å². The van der Waals surface area contributed by atoms with Crippen molar-refractivity contribution >= 4 is 27.0 Å². The molecule has 2 aromatic rings. The molecule has 0 fully saturated rings. The Labute approximate surface area is 105 Å². The average molecular weight is 296 g/mol. The number of hydrogen-bond acceptors (Lipinski definition) is 3. The molecule has 2 aromatic heterocycles. The number of pyridine rings is 1. The molecule has 88 valence electrons. The van der Waals surface area contributed by atoms with Crippen molar-refractivity contribution in [1.29, 1.82) is 0 Å². The third-order valence-corrected chi connectivity index (χ3v) is 3.77. The lowest BCUT2D eigenvalue weighted by atomic mass is 9.91. The van der Waals surface area contributed by atoms with Crippen LogP contribution in [0.3, 0.4) is 0 Å². The van der Waals surface area contributed by atoms with E-state index in [1.165, 1.54) is 6.20 Å². The molecular weight excluding hydrogens is 286 g/mol. The van der Waals surface area contributed by atoms with Gasteiger partial charge in [-0.05, 0) is 47.2 Å². The van der Waals surface area contributed by atoms with Crippen molar-refractivity contribution in [2.24, 2.45) is 0 Å². The van der Waals surface area contributed by atoms with Gasteiger partial charge in [-0.1, -0.05) is 4.85 Å². The maximum atomic E-state index is 11.9. The monoisotopic (exact) mass is 295 g/mol. The summed E-state index contributed by atoms with van der Waals surface area (Å²) in [6.45, 7) is 0. The standard InChI is InChI=1S/C11H10BrN3O2/c12-8-5-15(17)14-10-9(8)6-3-1-2-4-7(6)11(16)13-10/h5H,1-4H2,(H,13,14,16). The number of fused-ring (bicyclic) bond motifs is 3. The maximum absolute atomic E-state index is 11.9. The van der Waals surface area contributed by atoms with Gasteiger partial charge >= 0.3 is 0 Å². The molecule has 0 spiro atoms. The lowest BCUT2D eigenvalue weighted by Crippen LogP contribution is -2.32. The Hall–Kier alpha value is -1.43. The van der Waals surface area contributed by atoms with Gasteiger partial charge < -0.3 is 10.2 Å². The first-order chi connectivity index (χ1) is 8.16. The minimum Gasteiger partial charge on any atom is -0.594 e. The van der Waals surface area contributed by atoms with Crippen LogP contribution >= 0.6 is 15.9 Å². The molecule has 2 heterocycles. The fraction of sp³-hybridized carbons (Fsp3) is 0.364. The Balaban J connectivity index is 2.47. The molecule has 0 aromatic carbocycles. The zero-order valence-electron chi connectivity index (χ0n) is 8.99. The highest BCUT2D eigenvalue weighted by atomic mass is 79.9. The van der Waals surface area contributed by atoms with Gasteiger partial charge in [0.25, 0.3) is 5.56 Å². The summed E-state index contributed by atoms with van der Waals surface area (Å²) in [6.07, 6.45) is 5.17. The van der Waals surface area contributed by atoms with Gasteiger partial charge in [-0.25, -0.2) is 0 Å². The predicted octanol–water partition coefficient (Wildman–Crippen LogP) is 1.20. The Bertz CT molecular complexity index is 666. The van der Waals surface area contributed by atoms with Crippen LogP contribution in [0.5, 0.6) is 0 Å². The fourth-order valence-corrected chi connectivity index (χ4v) is 3.04. The van der Waals surface area contributed by atoms with Gasteiger partial charge in [0.2, 0.25) is 11.8 Å². The van der Waals surface area contributed by atoms with Gasteiger partial charge in [-0.2, -0.15) is 0 Å². The second-order valence-corrected chi connectivity index (χ2v) is 5.08. The molecule has 0 aliphatic heterocycles. The molecule has 6 heteroatoms. The third kappa shape index (κ3) is 1.63. The van der Waals surface area contributed by atoms with Gasteiger partial charge in [-0.15, -0.1) is 0 Å². The van der Waals surface area contributed by atoms with Gasteiger partial charge in [0, 0.05) is 16.0 Å². The van der Waals surface area contributed by atoms with Gasteiger partial charge in [0.15, 0.2) is 0 Å². The van der Waals surface area contributed by atoms with Crippen molar-refractivity contribution in [3.8, 4) is 0 Å². The summed E-state index contributed by atoms with van der Waals surface area (Å²) in [6, 6.07) is 0. The highest BCUT2D eigenvalue weighted by molar-refractivity contribution is 9.10. The van der Waals surface area contributed by atoms with Crippen molar-refractivity contribution in [2.75, 3.05) is 0 Å². The Morgan fingerprint density at radius 3 is 2.82 bits per heavy atom. The predicted molar refractivity (Wildman–Crippen MR) is 65.7 cm³/mol. The van der Waals surface area contributed by atoms with Crippen molar-refractivity contribution in [2.45, 2.75) is 25.7 Å². The number of aromatic nitrogens is 3. The first-order valence-corrected chi connectivity index (χ1v) is 6.30. The van der Waals surface area contributed by atoms with Crippen LogP contribution in [0.4, 0.5) is 0 Å². The topological polar surface area (TPSA) is 72.7 Å². The number of halogens is 1. The van der Waals surface area contributed by atoms with Crippen LogP contribution in [-0.4, -0.2) is 10.1 Å². The summed E-state index contributed by atoms with van der Waals surface area (Å²) in [4.78, 5) is 15.0. The molecule has 0 radical (unpaired) electrons. The summed E-state index contributed by atoms with van der Waals surface area (Å²) in [5, 5.41) is 15.9. The normalized spacial score (nSPS) is 14.9. The molecule has 0 atom stereocenters. The van der Waals surface area contributed by atoms with Crippen LogP contribution < -0.4 is 10.4 Å². The van der Waals surface area contributed by atoms with Crippen molar-refractivity contribution in [3.63, 3.8) is 0 Å². The number of nitrogens with zero attached hydrogens (tertiary/aromatic N) is 2. The van der Waals surface area contributed by atoms with E-state index < -0.39 is 0 Å². The molecule has 1 aliphatic carbocycles. The Kier molecular flexibility index (Phi) is 2.39. The smallest absolute Gasteiger partial charge is 0.253 e. The highest BCUT2D eigenvalue weighted by Crippen LogP contribution is 2.28. The summed E-state index contributed by atoms with van der Waals surface area (Å²) >= 11 is 3.37. The van der Waals surface area contributed by atoms with E-state index in [4.69, 9.17) is 0 Å². The fourth-order valence-electron chi connectivity index (χ4n) is 2.44.